The number of para-hydroxylation sites is 1. The van der Waals surface area contributed by atoms with Crippen molar-refractivity contribution in [2.24, 2.45) is 0 Å². The van der Waals surface area contributed by atoms with Crippen LogP contribution in [0.4, 0.5) is 4.79 Å². The van der Waals surface area contributed by atoms with Crippen molar-refractivity contribution in [1.29, 1.82) is 0 Å². The topological polar surface area (TPSA) is 50.8 Å². The number of piperidine rings is 1. The van der Waals surface area contributed by atoms with E-state index in [9.17, 15) is 4.79 Å². The van der Waals surface area contributed by atoms with Crippen molar-refractivity contribution in [3.63, 3.8) is 0 Å². The molecule has 0 bridgehead atoms. The highest BCUT2D eigenvalue weighted by molar-refractivity contribution is 5.74. The quantitative estimate of drug-likeness (QED) is 0.933. The Bertz CT molecular complexity index is 474. The van der Waals surface area contributed by atoms with Crippen LogP contribution in [0.1, 0.15) is 25.7 Å². The van der Waals surface area contributed by atoms with E-state index in [0.717, 1.165) is 51.2 Å². The molecule has 2 amide bonds. The molecule has 0 aliphatic carbocycles. The number of hydrogen-bond donors (Lipinski definition) is 1. The Morgan fingerprint density at radius 3 is 2.73 bits per heavy atom. The fourth-order valence-corrected chi connectivity index (χ4v) is 3.02. The van der Waals surface area contributed by atoms with Crippen molar-refractivity contribution >= 4 is 6.03 Å². The van der Waals surface area contributed by atoms with Crippen LogP contribution in [0.3, 0.4) is 0 Å². The summed E-state index contributed by atoms with van der Waals surface area (Å²) >= 11 is 0. The molecule has 0 spiro atoms. The second kappa shape index (κ2) is 7.49. The molecule has 5 nitrogen and oxygen atoms in total. The summed E-state index contributed by atoms with van der Waals surface area (Å²) in [4.78, 5) is 14.3. The van der Waals surface area contributed by atoms with E-state index in [2.05, 4.69) is 5.32 Å². The van der Waals surface area contributed by atoms with E-state index in [1.165, 1.54) is 0 Å². The van der Waals surface area contributed by atoms with E-state index in [-0.39, 0.29) is 18.2 Å². The van der Waals surface area contributed by atoms with E-state index in [4.69, 9.17) is 9.47 Å². The number of rotatable bonds is 3. The van der Waals surface area contributed by atoms with Gasteiger partial charge in [0.1, 0.15) is 11.9 Å². The summed E-state index contributed by atoms with van der Waals surface area (Å²) in [5.41, 5.74) is 0. The summed E-state index contributed by atoms with van der Waals surface area (Å²) < 4.78 is 11.3. The molecule has 1 unspecified atom stereocenters. The van der Waals surface area contributed by atoms with Gasteiger partial charge in [-0.25, -0.2) is 4.79 Å². The Hall–Kier alpha value is -1.75. The molecule has 1 aromatic carbocycles. The van der Waals surface area contributed by atoms with Gasteiger partial charge in [0.25, 0.3) is 0 Å². The molecule has 2 fully saturated rings. The average molecular weight is 304 g/mol. The molecule has 2 aliphatic heterocycles. The van der Waals surface area contributed by atoms with Crippen LogP contribution < -0.4 is 10.1 Å². The first-order chi connectivity index (χ1) is 10.8. The van der Waals surface area contributed by atoms with E-state index >= 15 is 0 Å². The third-order valence-corrected chi connectivity index (χ3v) is 4.26. The fourth-order valence-electron chi connectivity index (χ4n) is 3.02. The normalized spacial score (nSPS) is 23.1. The molecule has 1 N–H and O–H groups in total. The van der Waals surface area contributed by atoms with Crippen LogP contribution in [0.2, 0.25) is 0 Å². The maximum Gasteiger partial charge on any atom is 0.317 e. The van der Waals surface area contributed by atoms with Gasteiger partial charge in [0, 0.05) is 25.8 Å². The Kier molecular flexibility index (Phi) is 5.16. The molecule has 22 heavy (non-hydrogen) atoms. The van der Waals surface area contributed by atoms with Crippen LogP contribution >= 0.6 is 0 Å². The highest BCUT2D eigenvalue weighted by Crippen LogP contribution is 2.18. The number of nitrogens with zero attached hydrogens (tertiary/aromatic N) is 1. The number of ether oxygens (including phenoxy) is 2. The molecule has 120 valence electrons. The minimum Gasteiger partial charge on any atom is -0.489 e. The van der Waals surface area contributed by atoms with E-state index < -0.39 is 0 Å². The van der Waals surface area contributed by atoms with Crippen molar-refractivity contribution in [1.82, 2.24) is 10.2 Å². The standard InChI is InChI=1S/C17H24N2O3/c20-17(18-14-8-11-21-12-9-14)19-10-4-7-16(13-19)22-15-5-2-1-3-6-15/h1-3,5-6,14,16H,4,7-13H2,(H,18,20). The summed E-state index contributed by atoms with van der Waals surface area (Å²) in [7, 11) is 0. The number of hydrogen-bond acceptors (Lipinski definition) is 3. The van der Waals surface area contributed by atoms with Gasteiger partial charge >= 0.3 is 6.03 Å². The molecule has 3 rings (SSSR count). The van der Waals surface area contributed by atoms with Crippen LogP contribution in [0, 0.1) is 0 Å². The lowest BCUT2D eigenvalue weighted by Gasteiger charge is -2.34. The van der Waals surface area contributed by atoms with Gasteiger partial charge in [0.2, 0.25) is 0 Å². The molecule has 5 heteroatoms. The van der Waals surface area contributed by atoms with E-state index in [1.54, 1.807) is 0 Å². The maximum absolute atomic E-state index is 12.4. The summed E-state index contributed by atoms with van der Waals surface area (Å²) in [6, 6.07) is 10.1. The Balaban J connectivity index is 1.50. The molecule has 1 aromatic rings. The molecule has 1 atom stereocenters. The van der Waals surface area contributed by atoms with Crippen molar-refractivity contribution in [3.8, 4) is 5.75 Å². The average Bonchev–Trinajstić information content (AvgIpc) is 2.57. The molecule has 2 aliphatic rings. The molecule has 2 saturated heterocycles. The second-order valence-electron chi connectivity index (χ2n) is 5.98. The predicted octanol–water partition coefficient (Wildman–Crippen LogP) is 2.42. The third kappa shape index (κ3) is 4.13. The van der Waals surface area contributed by atoms with Gasteiger partial charge in [-0.05, 0) is 37.8 Å². The highest BCUT2D eigenvalue weighted by Gasteiger charge is 2.26. The smallest absolute Gasteiger partial charge is 0.317 e. The van der Waals surface area contributed by atoms with Crippen molar-refractivity contribution in [3.05, 3.63) is 30.3 Å². The van der Waals surface area contributed by atoms with Crippen LogP contribution in [-0.2, 0) is 4.74 Å². The van der Waals surface area contributed by atoms with Gasteiger partial charge in [-0.1, -0.05) is 18.2 Å². The Labute approximate surface area is 131 Å². The Morgan fingerprint density at radius 2 is 1.95 bits per heavy atom. The van der Waals surface area contributed by atoms with Crippen LogP contribution in [0.15, 0.2) is 30.3 Å². The second-order valence-corrected chi connectivity index (χ2v) is 5.98. The number of likely N-dealkylation sites (tertiary alicyclic amines) is 1. The first kappa shape index (κ1) is 15.2. The SMILES string of the molecule is O=C(NC1CCOCC1)N1CCCC(Oc2ccccc2)C1. The number of amides is 2. The molecule has 2 heterocycles. The predicted molar refractivity (Wildman–Crippen MR) is 84.0 cm³/mol. The van der Waals surface area contributed by atoms with Crippen molar-refractivity contribution in [2.75, 3.05) is 26.3 Å². The summed E-state index contributed by atoms with van der Waals surface area (Å²) in [5.74, 6) is 0.874. The minimum absolute atomic E-state index is 0.0354. The summed E-state index contributed by atoms with van der Waals surface area (Å²) in [5, 5.41) is 3.12. The van der Waals surface area contributed by atoms with Crippen LogP contribution in [0.25, 0.3) is 0 Å². The maximum atomic E-state index is 12.4. The zero-order chi connectivity index (χ0) is 15.2. The number of carbonyl (C=O) groups is 1. The summed E-state index contributed by atoms with van der Waals surface area (Å²) in [6.45, 7) is 2.95. The lowest BCUT2D eigenvalue weighted by atomic mass is 10.1. The van der Waals surface area contributed by atoms with Crippen LogP contribution in [-0.4, -0.2) is 49.4 Å². The van der Waals surface area contributed by atoms with Gasteiger partial charge in [0.15, 0.2) is 0 Å². The van der Waals surface area contributed by atoms with Gasteiger partial charge in [-0.15, -0.1) is 0 Å². The largest absolute Gasteiger partial charge is 0.489 e. The monoisotopic (exact) mass is 304 g/mol. The first-order valence-electron chi connectivity index (χ1n) is 8.16. The van der Waals surface area contributed by atoms with Gasteiger partial charge in [0.05, 0.1) is 6.54 Å². The summed E-state index contributed by atoms with van der Waals surface area (Å²) in [6.07, 6.45) is 3.87. The molecule has 0 aromatic heterocycles. The minimum atomic E-state index is 0.0354. The molecule has 0 radical (unpaired) electrons. The lowest BCUT2D eigenvalue weighted by Crippen LogP contribution is -2.51. The lowest BCUT2D eigenvalue weighted by molar-refractivity contribution is 0.0724. The zero-order valence-corrected chi connectivity index (χ0v) is 12.9. The van der Waals surface area contributed by atoms with Gasteiger partial charge in [-0.3, -0.25) is 0 Å². The molecule has 0 saturated carbocycles. The van der Waals surface area contributed by atoms with Crippen molar-refractivity contribution < 1.29 is 14.3 Å². The third-order valence-electron chi connectivity index (χ3n) is 4.26. The fraction of sp³-hybridized carbons (Fsp3) is 0.588. The molecular weight excluding hydrogens is 280 g/mol. The number of carbonyl (C=O) groups excluding carboxylic acids is 1. The highest BCUT2D eigenvalue weighted by atomic mass is 16.5. The van der Waals surface area contributed by atoms with Crippen molar-refractivity contribution in [2.45, 2.75) is 37.8 Å². The number of benzene rings is 1. The zero-order valence-electron chi connectivity index (χ0n) is 12.9. The Morgan fingerprint density at radius 1 is 1.18 bits per heavy atom. The number of nitrogens with one attached hydrogen (secondary N) is 1. The van der Waals surface area contributed by atoms with Gasteiger partial charge < -0.3 is 19.7 Å². The first-order valence-corrected chi connectivity index (χ1v) is 8.16. The van der Waals surface area contributed by atoms with Crippen LogP contribution in [0.5, 0.6) is 5.75 Å². The van der Waals surface area contributed by atoms with E-state index in [1.807, 2.05) is 35.2 Å². The number of urea groups is 1. The van der Waals surface area contributed by atoms with Gasteiger partial charge in [-0.2, -0.15) is 0 Å². The molecular formula is C17H24N2O3. The van der Waals surface area contributed by atoms with E-state index in [0.29, 0.717) is 6.54 Å².